The van der Waals surface area contributed by atoms with Crippen molar-refractivity contribution in [3.05, 3.63) is 23.8 Å². The second-order valence-electron chi connectivity index (χ2n) is 3.10. The van der Waals surface area contributed by atoms with Gasteiger partial charge in [0.05, 0.1) is 13.3 Å². The fourth-order valence-corrected chi connectivity index (χ4v) is 1.15. The third kappa shape index (κ3) is 2.30. The Labute approximate surface area is 96.3 Å². The number of phenols is 1. The number of nitrogen functional groups attached to an aromatic ring is 1. The lowest BCUT2D eigenvalue weighted by Crippen LogP contribution is -1.99. The van der Waals surface area contributed by atoms with Gasteiger partial charge in [0.2, 0.25) is 0 Å². The number of phenolic OH excluding ortho intramolecular Hbond substituents is 1. The Morgan fingerprint density at radius 3 is 3.00 bits per heavy atom. The van der Waals surface area contributed by atoms with Gasteiger partial charge in [-0.2, -0.15) is 5.10 Å². The van der Waals surface area contributed by atoms with E-state index in [-0.39, 0.29) is 11.7 Å². The zero-order valence-electron chi connectivity index (χ0n) is 8.98. The molecule has 0 aliphatic rings. The van der Waals surface area contributed by atoms with E-state index in [0.717, 1.165) is 4.79 Å². The number of ether oxygens (including phenoxy) is 1. The SMILES string of the molecule is COc1ccc(O)c(C=Nn2nnnc2N)c1. The summed E-state index contributed by atoms with van der Waals surface area (Å²) in [5, 5.41) is 23.8. The molecule has 0 amide bonds. The van der Waals surface area contributed by atoms with Crippen molar-refractivity contribution in [3.8, 4) is 11.5 Å². The van der Waals surface area contributed by atoms with Crippen LogP contribution in [0.25, 0.3) is 0 Å². The van der Waals surface area contributed by atoms with E-state index in [1.54, 1.807) is 12.1 Å². The van der Waals surface area contributed by atoms with Crippen molar-refractivity contribution in [1.82, 2.24) is 20.3 Å². The summed E-state index contributed by atoms with van der Waals surface area (Å²) in [6, 6.07) is 4.76. The van der Waals surface area contributed by atoms with Crippen LogP contribution in [-0.4, -0.2) is 38.7 Å². The molecule has 1 aromatic heterocycles. The Morgan fingerprint density at radius 1 is 1.53 bits per heavy atom. The number of nitrogens with two attached hydrogens (primary N) is 1. The predicted molar refractivity (Wildman–Crippen MR) is 59.9 cm³/mol. The molecule has 2 rings (SSSR count). The van der Waals surface area contributed by atoms with Gasteiger partial charge in [-0.25, -0.2) is 0 Å². The molecule has 8 heteroatoms. The highest BCUT2D eigenvalue weighted by atomic mass is 16.5. The minimum atomic E-state index is 0.0589. The maximum Gasteiger partial charge on any atom is 0.263 e. The van der Waals surface area contributed by atoms with Crippen LogP contribution in [0.4, 0.5) is 5.95 Å². The van der Waals surface area contributed by atoms with Crippen molar-refractivity contribution < 1.29 is 9.84 Å². The molecule has 0 spiro atoms. The van der Waals surface area contributed by atoms with E-state index in [1.807, 2.05) is 0 Å². The zero-order valence-corrected chi connectivity index (χ0v) is 8.98. The monoisotopic (exact) mass is 234 g/mol. The molecule has 0 saturated carbocycles. The molecule has 0 unspecified atom stereocenters. The van der Waals surface area contributed by atoms with Crippen LogP contribution in [0, 0.1) is 0 Å². The second kappa shape index (κ2) is 4.47. The number of aromatic nitrogens is 4. The third-order valence-electron chi connectivity index (χ3n) is 2.02. The third-order valence-corrected chi connectivity index (χ3v) is 2.02. The Kier molecular flexibility index (Phi) is 2.86. The first-order valence-electron chi connectivity index (χ1n) is 4.66. The van der Waals surface area contributed by atoms with Crippen LogP contribution >= 0.6 is 0 Å². The molecule has 88 valence electrons. The largest absolute Gasteiger partial charge is 0.507 e. The lowest BCUT2D eigenvalue weighted by Gasteiger charge is -2.02. The van der Waals surface area contributed by atoms with Crippen molar-refractivity contribution in [2.45, 2.75) is 0 Å². The van der Waals surface area contributed by atoms with Crippen LogP contribution in [0.2, 0.25) is 0 Å². The van der Waals surface area contributed by atoms with Crippen molar-refractivity contribution in [2.75, 3.05) is 12.8 Å². The van der Waals surface area contributed by atoms with Gasteiger partial charge in [0.1, 0.15) is 11.5 Å². The van der Waals surface area contributed by atoms with E-state index in [4.69, 9.17) is 10.5 Å². The number of anilines is 1. The van der Waals surface area contributed by atoms with Gasteiger partial charge in [0, 0.05) is 5.56 Å². The fourth-order valence-electron chi connectivity index (χ4n) is 1.15. The van der Waals surface area contributed by atoms with Crippen molar-refractivity contribution in [2.24, 2.45) is 5.10 Å². The molecular formula is C9H10N6O2. The standard InChI is InChI=1S/C9H10N6O2/c1-17-7-2-3-8(16)6(4-7)5-11-15-9(10)12-13-14-15/h2-5,16H,1H3,(H2,10,12,14). The minimum Gasteiger partial charge on any atom is -0.507 e. The second-order valence-corrected chi connectivity index (χ2v) is 3.10. The van der Waals surface area contributed by atoms with E-state index in [0.29, 0.717) is 11.3 Å². The van der Waals surface area contributed by atoms with Crippen LogP contribution < -0.4 is 10.5 Å². The highest BCUT2D eigenvalue weighted by molar-refractivity contribution is 5.83. The molecule has 8 nitrogen and oxygen atoms in total. The topological polar surface area (TPSA) is 111 Å². The Hall–Kier alpha value is -2.64. The highest BCUT2D eigenvalue weighted by Crippen LogP contribution is 2.21. The first-order valence-corrected chi connectivity index (χ1v) is 4.66. The highest BCUT2D eigenvalue weighted by Gasteiger charge is 2.02. The van der Waals surface area contributed by atoms with E-state index in [9.17, 15) is 5.11 Å². The summed E-state index contributed by atoms with van der Waals surface area (Å²) in [6.45, 7) is 0. The summed E-state index contributed by atoms with van der Waals surface area (Å²) < 4.78 is 5.03. The number of hydrogen-bond donors (Lipinski definition) is 2. The summed E-state index contributed by atoms with van der Waals surface area (Å²) in [5.74, 6) is 0.735. The first-order chi connectivity index (χ1) is 8.20. The molecule has 0 aliphatic heterocycles. The number of benzene rings is 1. The van der Waals surface area contributed by atoms with Gasteiger partial charge in [-0.3, -0.25) is 0 Å². The van der Waals surface area contributed by atoms with E-state index in [2.05, 4.69) is 20.6 Å². The Bertz CT molecular complexity index is 550. The van der Waals surface area contributed by atoms with Gasteiger partial charge in [-0.15, -0.1) is 0 Å². The van der Waals surface area contributed by atoms with Crippen LogP contribution in [0.3, 0.4) is 0 Å². The number of tetrazole rings is 1. The van der Waals surface area contributed by atoms with Gasteiger partial charge in [-0.1, -0.05) is 9.89 Å². The zero-order chi connectivity index (χ0) is 12.3. The molecule has 0 atom stereocenters. The number of rotatable bonds is 3. The Morgan fingerprint density at radius 2 is 2.35 bits per heavy atom. The van der Waals surface area contributed by atoms with Crippen molar-refractivity contribution in [3.63, 3.8) is 0 Å². The molecule has 0 aliphatic carbocycles. The van der Waals surface area contributed by atoms with Crippen molar-refractivity contribution in [1.29, 1.82) is 0 Å². The first kappa shape index (κ1) is 10.9. The number of methoxy groups -OCH3 is 1. The summed E-state index contributed by atoms with van der Waals surface area (Å²) in [6.07, 6.45) is 1.38. The lowest BCUT2D eigenvalue weighted by atomic mass is 10.2. The van der Waals surface area contributed by atoms with Gasteiger partial charge >= 0.3 is 0 Å². The number of aromatic hydroxyl groups is 1. The minimum absolute atomic E-state index is 0.0589. The summed E-state index contributed by atoms with van der Waals surface area (Å²) in [7, 11) is 1.53. The van der Waals surface area contributed by atoms with Gasteiger partial charge in [0.15, 0.2) is 0 Å². The summed E-state index contributed by atoms with van der Waals surface area (Å²) >= 11 is 0. The van der Waals surface area contributed by atoms with Crippen LogP contribution in [0.5, 0.6) is 11.5 Å². The number of nitrogens with zero attached hydrogens (tertiary/aromatic N) is 5. The number of hydrogen-bond acceptors (Lipinski definition) is 7. The molecule has 0 fully saturated rings. The van der Waals surface area contributed by atoms with Gasteiger partial charge in [0.25, 0.3) is 5.95 Å². The maximum atomic E-state index is 9.59. The molecule has 0 bridgehead atoms. The van der Waals surface area contributed by atoms with Gasteiger partial charge < -0.3 is 15.6 Å². The molecule has 0 saturated heterocycles. The maximum absolute atomic E-state index is 9.59. The Balaban J connectivity index is 2.29. The quantitative estimate of drug-likeness (QED) is 0.714. The lowest BCUT2D eigenvalue weighted by molar-refractivity contribution is 0.412. The average molecular weight is 234 g/mol. The van der Waals surface area contributed by atoms with E-state index < -0.39 is 0 Å². The summed E-state index contributed by atoms with van der Waals surface area (Å²) in [5.41, 5.74) is 5.90. The van der Waals surface area contributed by atoms with Gasteiger partial charge in [-0.05, 0) is 28.6 Å². The fraction of sp³-hybridized carbons (Fsp3) is 0.111. The molecule has 1 heterocycles. The van der Waals surface area contributed by atoms with Crippen LogP contribution in [0.15, 0.2) is 23.3 Å². The molecule has 0 radical (unpaired) electrons. The molecule has 2 aromatic rings. The van der Waals surface area contributed by atoms with Crippen LogP contribution in [-0.2, 0) is 0 Å². The molecule has 17 heavy (non-hydrogen) atoms. The molecule has 3 N–H and O–H groups in total. The summed E-state index contributed by atoms with van der Waals surface area (Å²) in [4.78, 5) is 1.04. The molecular weight excluding hydrogens is 224 g/mol. The smallest absolute Gasteiger partial charge is 0.263 e. The molecule has 1 aromatic carbocycles. The predicted octanol–water partition coefficient (Wildman–Crippen LogP) is -0.148. The van der Waals surface area contributed by atoms with E-state index >= 15 is 0 Å². The normalized spacial score (nSPS) is 10.9. The average Bonchev–Trinajstić information content (AvgIpc) is 2.74. The van der Waals surface area contributed by atoms with Crippen LogP contribution in [0.1, 0.15) is 5.56 Å². The van der Waals surface area contributed by atoms with Crippen molar-refractivity contribution >= 4 is 12.2 Å². The van der Waals surface area contributed by atoms with E-state index in [1.165, 1.54) is 19.4 Å².